The van der Waals surface area contributed by atoms with Gasteiger partial charge in [-0.3, -0.25) is 0 Å². The van der Waals surface area contributed by atoms with Gasteiger partial charge in [0, 0.05) is 5.97 Å². The third-order valence-corrected chi connectivity index (χ3v) is 7.94. The first kappa shape index (κ1) is 17.8. The molecule has 2 fully saturated rings. The van der Waals surface area contributed by atoms with Crippen molar-refractivity contribution in [3.05, 3.63) is 23.3 Å². The van der Waals surface area contributed by atoms with Crippen LogP contribution in [0, 0.1) is 28.6 Å². The van der Waals surface area contributed by atoms with Crippen molar-refractivity contribution in [2.45, 2.75) is 79.1 Å². The lowest BCUT2D eigenvalue weighted by molar-refractivity contribution is -0.306. The minimum Gasteiger partial charge on any atom is -0.550 e. The van der Waals surface area contributed by atoms with Crippen LogP contribution in [0.3, 0.4) is 0 Å². The highest BCUT2D eigenvalue weighted by Gasteiger charge is 2.48. The summed E-state index contributed by atoms with van der Waals surface area (Å²) < 4.78 is 0. The molecular weight excluding hydrogens is 296 g/mol. The second kappa shape index (κ2) is 6.04. The first-order chi connectivity index (χ1) is 11.1. The van der Waals surface area contributed by atoms with E-state index in [0.29, 0.717) is 11.8 Å². The van der Waals surface area contributed by atoms with Crippen LogP contribution >= 0.6 is 0 Å². The van der Waals surface area contributed by atoms with Gasteiger partial charge in [-0.1, -0.05) is 44.1 Å². The van der Waals surface area contributed by atoms with E-state index in [2.05, 4.69) is 34.3 Å². The molecule has 24 heavy (non-hydrogen) atoms. The summed E-state index contributed by atoms with van der Waals surface area (Å²) in [5.41, 5.74) is 5.12. The lowest BCUT2D eigenvalue weighted by Gasteiger charge is -2.54. The number of carboxylic acids is 1. The maximum absolute atomic E-state index is 11.1. The number of hydrogen-bond donors (Lipinski definition) is 0. The minimum atomic E-state index is -0.922. The number of aliphatic carboxylic acids is 1. The molecule has 4 atom stereocenters. The molecule has 0 aromatic carbocycles. The highest BCUT2D eigenvalue weighted by molar-refractivity contribution is 5.65. The predicted octanol–water partition coefficient (Wildman–Crippen LogP) is 4.65. The number of carboxylic acid groups (broad SMARTS) is 1. The largest absolute Gasteiger partial charge is 0.550 e. The lowest BCUT2D eigenvalue weighted by Crippen LogP contribution is -2.44. The molecule has 0 spiro atoms. The standard InChI is InChI=1S/C22H34O2/c1-14-6-7-17-13-19-15(2)16(12-20(23)24)8-10-22(19,5)11-9-18(14)21(17,3)4/h16-17,19H,2,6-13H2,1,3-5H3,(H,23,24)/p-1/t16-,17+,19-,22+/m1/s1. The molecule has 2 saturated carbocycles. The summed E-state index contributed by atoms with van der Waals surface area (Å²) in [7, 11) is 0. The van der Waals surface area contributed by atoms with Gasteiger partial charge < -0.3 is 9.90 Å². The first-order valence-electron chi connectivity index (χ1n) is 9.73. The third-order valence-electron chi connectivity index (χ3n) is 7.94. The van der Waals surface area contributed by atoms with Gasteiger partial charge in [0.1, 0.15) is 0 Å². The van der Waals surface area contributed by atoms with Gasteiger partial charge in [0.2, 0.25) is 0 Å². The number of carbonyl (C=O) groups is 1. The molecule has 3 rings (SSSR count). The van der Waals surface area contributed by atoms with Crippen LogP contribution in [0.5, 0.6) is 0 Å². The van der Waals surface area contributed by atoms with E-state index in [4.69, 9.17) is 0 Å². The van der Waals surface area contributed by atoms with E-state index in [1.54, 1.807) is 11.1 Å². The molecule has 0 amide bonds. The van der Waals surface area contributed by atoms with E-state index in [1.165, 1.54) is 37.7 Å². The van der Waals surface area contributed by atoms with Gasteiger partial charge in [0.25, 0.3) is 0 Å². The van der Waals surface area contributed by atoms with Crippen LogP contribution in [-0.4, -0.2) is 5.97 Å². The maximum Gasteiger partial charge on any atom is 0.0420 e. The average molecular weight is 330 g/mol. The number of fused-ring (bicyclic) bond motifs is 3. The van der Waals surface area contributed by atoms with E-state index < -0.39 is 5.97 Å². The molecule has 3 aliphatic carbocycles. The van der Waals surface area contributed by atoms with Crippen LogP contribution in [0.4, 0.5) is 0 Å². The average Bonchev–Trinajstić information content (AvgIpc) is 2.47. The highest BCUT2D eigenvalue weighted by Crippen LogP contribution is 2.59. The zero-order valence-electron chi connectivity index (χ0n) is 15.9. The van der Waals surface area contributed by atoms with Crippen molar-refractivity contribution in [2.75, 3.05) is 0 Å². The Labute approximate surface area is 147 Å². The van der Waals surface area contributed by atoms with Gasteiger partial charge in [-0.15, -0.1) is 0 Å². The van der Waals surface area contributed by atoms with E-state index in [9.17, 15) is 9.90 Å². The van der Waals surface area contributed by atoms with Gasteiger partial charge in [0.05, 0.1) is 0 Å². The monoisotopic (exact) mass is 329 g/mol. The van der Waals surface area contributed by atoms with E-state index in [-0.39, 0.29) is 23.2 Å². The van der Waals surface area contributed by atoms with Crippen molar-refractivity contribution >= 4 is 5.97 Å². The van der Waals surface area contributed by atoms with Gasteiger partial charge in [-0.25, -0.2) is 0 Å². The fourth-order valence-electron chi connectivity index (χ4n) is 6.11. The summed E-state index contributed by atoms with van der Waals surface area (Å²) in [6.07, 6.45) is 8.37. The molecule has 0 aromatic rings. The Morgan fingerprint density at radius 3 is 2.58 bits per heavy atom. The van der Waals surface area contributed by atoms with Crippen molar-refractivity contribution in [2.24, 2.45) is 28.6 Å². The summed E-state index contributed by atoms with van der Waals surface area (Å²) in [4.78, 5) is 11.1. The van der Waals surface area contributed by atoms with Crippen LogP contribution < -0.4 is 5.11 Å². The van der Waals surface area contributed by atoms with Crippen LogP contribution in [0.25, 0.3) is 0 Å². The van der Waals surface area contributed by atoms with Crippen molar-refractivity contribution in [3.8, 4) is 0 Å². The number of carbonyl (C=O) groups excluding carboxylic acids is 1. The Balaban J connectivity index is 1.92. The molecule has 3 aliphatic rings. The Morgan fingerprint density at radius 1 is 1.21 bits per heavy atom. The highest BCUT2D eigenvalue weighted by atomic mass is 16.4. The van der Waals surface area contributed by atoms with Crippen LogP contribution in [0.15, 0.2) is 23.3 Å². The summed E-state index contributed by atoms with van der Waals surface area (Å²) in [6, 6.07) is 0. The predicted molar refractivity (Wildman–Crippen MR) is 96.1 cm³/mol. The Hall–Kier alpha value is -1.05. The van der Waals surface area contributed by atoms with Crippen LogP contribution in [0.2, 0.25) is 0 Å². The van der Waals surface area contributed by atoms with Crippen LogP contribution in [0.1, 0.15) is 79.1 Å². The number of hydrogen-bond acceptors (Lipinski definition) is 2. The summed E-state index contributed by atoms with van der Waals surface area (Å²) in [5, 5.41) is 11.1. The fraction of sp³-hybridized carbons (Fsp3) is 0.773. The molecule has 0 aliphatic heterocycles. The van der Waals surface area contributed by atoms with Gasteiger partial charge in [0.15, 0.2) is 0 Å². The number of allylic oxidation sites excluding steroid dienone is 3. The Bertz CT molecular complexity index is 583. The summed E-state index contributed by atoms with van der Waals surface area (Å²) in [5.74, 6) is 0.365. The molecule has 134 valence electrons. The molecule has 0 saturated heterocycles. The van der Waals surface area contributed by atoms with Crippen molar-refractivity contribution in [1.82, 2.24) is 0 Å². The molecule has 2 heteroatoms. The normalized spacial score (nSPS) is 39.0. The van der Waals surface area contributed by atoms with Crippen molar-refractivity contribution < 1.29 is 9.90 Å². The molecular formula is C22H33O2-. The van der Waals surface area contributed by atoms with Gasteiger partial charge in [-0.05, 0) is 86.9 Å². The molecule has 2 bridgehead atoms. The summed E-state index contributed by atoms with van der Waals surface area (Å²) >= 11 is 0. The molecule has 2 nitrogen and oxygen atoms in total. The fourth-order valence-corrected chi connectivity index (χ4v) is 6.11. The Morgan fingerprint density at radius 2 is 1.92 bits per heavy atom. The van der Waals surface area contributed by atoms with Gasteiger partial charge in [-0.2, -0.15) is 0 Å². The first-order valence-corrected chi connectivity index (χ1v) is 9.73. The van der Waals surface area contributed by atoms with Crippen molar-refractivity contribution in [1.29, 1.82) is 0 Å². The second-order valence-corrected chi connectivity index (χ2v) is 9.55. The Kier molecular flexibility index (Phi) is 4.47. The summed E-state index contributed by atoms with van der Waals surface area (Å²) in [6.45, 7) is 14.1. The smallest absolute Gasteiger partial charge is 0.0420 e. The SMILES string of the molecule is C=C1[C@@H](CC(=O)[O-])CC[C@@]2(C)CCC3=C(C)CC[C@@H](C[C@H]12)C3(C)C. The third kappa shape index (κ3) is 2.86. The molecule has 0 N–H and O–H groups in total. The van der Waals surface area contributed by atoms with Gasteiger partial charge >= 0.3 is 0 Å². The molecule has 0 radical (unpaired) electrons. The quantitative estimate of drug-likeness (QED) is 0.692. The van der Waals surface area contributed by atoms with E-state index in [1.807, 2.05) is 0 Å². The maximum atomic E-state index is 11.1. The lowest BCUT2D eigenvalue weighted by atomic mass is 9.51. The van der Waals surface area contributed by atoms with E-state index in [0.717, 1.165) is 12.8 Å². The molecule has 0 aromatic heterocycles. The second-order valence-electron chi connectivity index (χ2n) is 9.55. The molecule has 0 unspecified atom stereocenters. The minimum absolute atomic E-state index is 0.121. The topological polar surface area (TPSA) is 40.1 Å². The van der Waals surface area contributed by atoms with Crippen LogP contribution in [-0.2, 0) is 4.79 Å². The zero-order valence-corrected chi connectivity index (χ0v) is 15.9. The zero-order chi connectivity index (χ0) is 17.7. The van der Waals surface area contributed by atoms with E-state index >= 15 is 0 Å². The molecule has 0 heterocycles. The van der Waals surface area contributed by atoms with Crippen molar-refractivity contribution in [3.63, 3.8) is 0 Å². The number of rotatable bonds is 2.